The molecule has 28 heavy (non-hydrogen) atoms. The Labute approximate surface area is 261 Å². The van der Waals surface area contributed by atoms with Crippen molar-refractivity contribution < 1.29 is 125 Å². The summed E-state index contributed by atoms with van der Waals surface area (Å²) in [6.45, 7) is 2.70. The van der Waals surface area contributed by atoms with Crippen molar-refractivity contribution in [1.29, 1.82) is 0 Å². The maximum absolute atomic E-state index is 11.2. The van der Waals surface area contributed by atoms with Crippen molar-refractivity contribution in [3.8, 4) is 0 Å². The van der Waals surface area contributed by atoms with E-state index < -0.39 is 11.9 Å². The number of carboxylic acid groups (broad SMARTS) is 1. The van der Waals surface area contributed by atoms with Crippen molar-refractivity contribution >= 4 is 11.9 Å². The van der Waals surface area contributed by atoms with Gasteiger partial charge in [0.2, 0.25) is 0 Å². The molecule has 1 N–H and O–H groups in total. The van der Waals surface area contributed by atoms with E-state index in [9.17, 15) is 9.59 Å². The molecule has 0 amide bonds. The van der Waals surface area contributed by atoms with E-state index in [1.54, 1.807) is 0 Å². The number of carbonyl (C=O) groups is 2. The first-order valence-corrected chi connectivity index (χ1v) is 11.0. The molecule has 0 saturated carbocycles. The van der Waals surface area contributed by atoms with Crippen molar-refractivity contribution in [1.82, 2.24) is 0 Å². The van der Waals surface area contributed by atoms with E-state index in [-0.39, 0.29) is 118 Å². The van der Waals surface area contributed by atoms with Gasteiger partial charge in [0.25, 0.3) is 0 Å². The van der Waals surface area contributed by atoms with Gasteiger partial charge in [0, 0.05) is 0 Å². The first-order chi connectivity index (χ1) is 12.7. The predicted octanol–water partition coefficient (Wildman–Crippen LogP) is 0.889. The molecular formula is C22H44K2O4. The van der Waals surface area contributed by atoms with Crippen LogP contribution in [-0.2, 0) is 14.3 Å². The molecule has 6 heteroatoms. The second-order valence-electron chi connectivity index (χ2n) is 7.42. The average molecular weight is 451 g/mol. The molecule has 0 radical (unpaired) electrons. The topological polar surface area (TPSA) is 63.6 Å². The third kappa shape index (κ3) is 30.4. The Kier molecular flexibility index (Phi) is 36.3. The number of esters is 1. The number of carbonyl (C=O) groups excluding carboxylic acids is 1. The molecule has 0 fully saturated rings. The van der Waals surface area contributed by atoms with E-state index in [0.717, 1.165) is 12.8 Å². The summed E-state index contributed by atoms with van der Waals surface area (Å²) >= 11 is 0. The zero-order valence-electron chi connectivity index (χ0n) is 21.1. The largest absolute Gasteiger partial charge is 1.00 e. The summed E-state index contributed by atoms with van der Waals surface area (Å²) in [5.41, 5.74) is 0. The second kappa shape index (κ2) is 29.2. The summed E-state index contributed by atoms with van der Waals surface area (Å²) in [4.78, 5) is 21.6. The first-order valence-electron chi connectivity index (χ1n) is 11.0. The first kappa shape index (κ1) is 34.8. The molecule has 0 aromatic rings. The van der Waals surface area contributed by atoms with Crippen molar-refractivity contribution in [2.75, 3.05) is 6.61 Å². The van der Waals surface area contributed by atoms with Crippen molar-refractivity contribution in [3.05, 3.63) is 0 Å². The summed E-state index contributed by atoms with van der Waals surface area (Å²) in [6.07, 6.45) is 21.0. The minimum atomic E-state index is -0.954. The summed E-state index contributed by atoms with van der Waals surface area (Å²) in [7, 11) is 0. The van der Waals surface area contributed by atoms with Crippen LogP contribution in [0.25, 0.3) is 0 Å². The van der Waals surface area contributed by atoms with Gasteiger partial charge in [-0.05, 0) is 6.42 Å². The molecule has 158 valence electrons. The number of hydrogen-bond acceptors (Lipinski definition) is 3. The van der Waals surface area contributed by atoms with Crippen LogP contribution in [0, 0.1) is 0 Å². The third-order valence-corrected chi connectivity index (χ3v) is 4.80. The average Bonchev–Trinajstić information content (AvgIpc) is 2.62. The maximum atomic E-state index is 11.2. The Morgan fingerprint density at radius 3 is 1.36 bits per heavy atom. The van der Waals surface area contributed by atoms with Gasteiger partial charge < -0.3 is 12.7 Å². The molecule has 0 aliphatic heterocycles. The Hall–Kier alpha value is 2.21. The fourth-order valence-electron chi connectivity index (χ4n) is 3.12. The van der Waals surface area contributed by atoms with Crippen LogP contribution in [0.5, 0.6) is 0 Å². The van der Waals surface area contributed by atoms with Crippen LogP contribution in [0.15, 0.2) is 0 Å². The normalized spacial score (nSPS) is 10.0. The summed E-state index contributed by atoms with van der Waals surface area (Å²) in [5, 5.41) is 8.47. The van der Waals surface area contributed by atoms with Gasteiger partial charge in [-0.3, -0.25) is 9.59 Å². The van der Waals surface area contributed by atoms with Gasteiger partial charge in [0.1, 0.15) is 0 Å². The number of unbranched alkanes of at least 4 members (excludes halogenated alkanes) is 15. The molecule has 0 spiro atoms. The summed E-state index contributed by atoms with van der Waals surface area (Å²) in [6, 6.07) is 0. The van der Waals surface area contributed by atoms with Crippen LogP contribution in [0.3, 0.4) is 0 Å². The predicted molar refractivity (Wildman–Crippen MR) is 110 cm³/mol. The summed E-state index contributed by atoms with van der Waals surface area (Å²) < 4.78 is 5.01. The quantitative estimate of drug-likeness (QED) is 0.170. The zero-order chi connectivity index (χ0) is 19.3. The van der Waals surface area contributed by atoms with Gasteiger partial charge in [-0.15, -0.1) is 0 Å². The Morgan fingerprint density at radius 2 is 1.00 bits per heavy atom. The molecule has 0 aromatic heterocycles. The van der Waals surface area contributed by atoms with Crippen LogP contribution in [0.4, 0.5) is 0 Å². The van der Waals surface area contributed by atoms with E-state index >= 15 is 0 Å². The molecule has 0 aliphatic carbocycles. The number of ether oxygens (including phenoxy) is 1. The zero-order valence-corrected chi connectivity index (χ0v) is 25.4. The van der Waals surface area contributed by atoms with Gasteiger partial charge in [-0.25, -0.2) is 0 Å². The fourth-order valence-corrected chi connectivity index (χ4v) is 3.12. The molecule has 0 rings (SSSR count). The van der Waals surface area contributed by atoms with Crippen LogP contribution in [-0.4, -0.2) is 23.7 Å². The van der Waals surface area contributed by atoms with E-state index in [1.165, 1.54) is 89.9 Å². The van der Waals surface area contributed by atoms with Crippen molar-refractivity contribution in [2.45, 2.75) is 122 Å². The number of hydrogen-bond donors (Lipinski definition) is 1. The van der Waals surface area contributed by atoms with Gasteiger partial charge >= 0.3 is 115 Å². The minimum absolute atomic E-state index is 0. The molecule has 0 bridgehead atoms. The maximum Gasteiger partial charge on any atom is 1.00 e. The third-order valence-electron chi connectivity index (χ3n) is 4.80. The Morgan fingerprint density at radius 1 is 0.643 bits per heavy atom. The van der Waals surface area contributed by atoms with E-state index in [2.05, 4.69) is 6.92 Å². The Balaban J connectivity index is -0.000000521. The second-order valence-corrected chi connectivity index (χ2v) is 7.42. The standard InChI is InChI=1S/C22H42O4.2K.2H/c1-2-3-4-5-6-7-8-9-10-11-12-13-14-15-16-17-20-26-22(25)19-18-21(23)24;;;;/h2-20H2,1H3,(H,23,24);;;;/q;2*+1;2*-1. The Bertz CT molecular complexity index is 349. The molecule has 0 saturated heterocycles. The molecule has 0 unspecified atom stereocenters. The SMILES string of the molecule is CCCCCCCCCCCCCCCCCCOC(=O)CCC(=O)O.[H-].[H-].[K+].[K+]. The van der Waals surface area contributed by atoms with E-state index in [1.807, 2.05) is 0 Å². The molecular weight excluding hydrogens is 406 g/mol. The van der Waals surface area contributed by atoms with Crippen LogP contribution in [0.2, 0.25) is 0 Å². The molecule has 0 aliphatic rings. The smallest absolute Gasteiger partial charge is 1.00 e. The number of rotatable bonds is 20. The molecule has 0 atom stereocenters. The van der Waals surface area contributed by atoms with E-state index in [4.69, 9.17) is 9.84 Å². The molecule has 4 nitrogen and oxygen atoms in total. The summed E-state index contributed by atoms with van der Waals surface area (Å²) in [5.74, 6) is -1.35. The number of aliphatic carboxylic acids is 1. The van der Waals surface area contributed by atoms with Crippen LogP contribution in [0.1, 0.15) is 125 Å². The van der Waals surface area contributed by atoms with Gasteiger partial charge in [-0.1, -0.05) is 103 Å². The molecule has 0 aromatic carbocycles. The van der Waals surface area contributed by atoms with Crippen molar-refractivity contribution in [2.24, 2.45) is 0 Å². The monoisotopic (exact) mass is 450 g/mol. The fraction of sp³-hybridized carbons (Fsp3) is 0.909. The minimum Gasteiger partial charge on any atom is -1.00 e. The van der Waals surface area contributed by atoms with Crippen LogP contribution >= 0.6 is 0 Å². The molecule has 0 heterocycles. The van der Waals surface area contributed by atoms with Crippen LogP contribution < -0.4 is 103 Å². The van der Waals surface area contributed by atoms with Crippen molar-refractivity contribution in [3.63, 3.8) is 0 Å². The van der Waals surface area contributed by atoms with Gasteiger partial charge in [-0.2, -0.15) is 0 Å². The number of carboxylic acids is 1. The van der Waals surface area contributed by atoms with Gasteiger partial charge in [0.15, 0.2) is 0 Å². The van der Waals surface area contributed by atoms with Gasteiger partial charge in [0.05, 0.1) is 19.4 Å². The van der Waals surface area contributed by atoms with E-state index in [0.29, 0.717) is 6.61 Å².